The minimum atomic E-state index is -0.137. The van der Waals surface area contributed by atoms with Crippen LogP contribution in [0.3, 0.4) is 0 Å². The lowest BCUT2D eigenvalue weighted by Crippen LogP contribution is -2.48. The maximum Gasteiger partial charge on any atom is 0.307 e. The highest BCUT2D eigenvalue weighted by Gasteiger charge is 2.32. The molecule has 1 unspecified atom stereocenters. The van der Waals surface area contributed by atoms with E-state index in [-0.39, 0.29) is 17.6 Å². The molecule has 0 saturated heterocycles. The van der Waals surface area contributed by atoms with E-state index in [1.54, 1.807) is 0 Å². The summed E-state index contributed by atoms with van der Waals surface area (Å²) in [4.78, 5) is 11.7. The van der Waals surface area contributed by atoms with Gasteiger partial charge < -0.3 is 10.1 Å². The van der Waals surface area contributed by atoms with E-state index in [9.17, 15) is 4.79 Å². The number of benzene rings is 1. The van der Waals surface area contributed by atoms with Gasteiger partial charge in [-0.3, -0.25) is 4.79 Å². The van der Waals surface area contributed by atoms with Crippen molar-refractivity contribution in [2.24, 2.45) is 0 Å². The van der Waals surface area contributed by atoms with E-state index in [4.69, 9.17) is 4.74 Å². The van der Waals surface area contributed by atoms with Crippen LogP contribution in [0.2, 0.25) is 0 Å². The van der Waals surface area contributed by atoms with E-state index in [0.717, 1.165) is 6.42 Å². The molecule has 0 radical (unpaired) electrons. The van der Waals surface area contributed by atoms with E-state index < -0.39 is 0 Å². The Bertz CT molecular complexity index is 440. The number of fused-ring (bicyclic) bond motifs is 1. The standard InChI is InChI=1S/C15H21NO2/c1-4-18-14(17)9-13-12-8-6-5-7-11(12)10-15(2,3)16-13/h5-8,13,16H,4,9-10H2,1-3H3. The molecular weight excluding hydrogens is 226 g/mol. The van der Waals surface area contributed by atoms with Gasteiger partial charge in [-0.1, -0.05) is 24.3 Å². The zero-order valence-corrected chi connectivity index (χ0v) is 11.3. The summed E-state index contributed by atoms with van der Waals surface area (Å²) in [6.45, 7) is 6.61. The van der Waals surface area contributed by atoms with Crippen molar-refractivity contribution in [2.75, 3.05) is 6.61 Å². The predicted octanol–water partition coefficient (Wildman–Crippen LogP) is 2.61. The highest BCUT2D eigenvalue weighted by molar-refractivity contribution is 5.70. The van der Waals surface area contributed by atoms with Crippen molar-refractivity contribution in [3.8, 4) is 0 Å². The minimum absolute atomic E-state index is 0.0194. The Labute approximate surface area is 109 Å². The van der Waals surface area contributed by atoms with Gasteiger partial charge in [0.25, 0.3) is 0 Å². The molecule has 18 heavy (non-hydrogen) atoms. The SMILES string of the molecule is CCOC(=O)CC1NC(C)(C)Cc2ccccc21. The van der Waals surface area contributed by atoms with Crippen molar-refractivity contribution in [1.29, 1.82) is 0 Å². The van der Waals surface area contributed by atoms with Crippen LogP contribution in [-0.2, 0) is 16.0 Å². The van der Waals surface area contributed by atoms with Crippen molar-refractivity contribution in [1.82, 2.24) is 5.32 Å². The minimum Gasteiger partial charge on any atom is -0.466 e. The van der Waals surface area contributed by atoms with Crippen LogP contribution in [0, 0.1) is 0 Å². The van der Waals surface area contributed by atoms with Crippen molar-refractivity contribution >= 4 is 5.97 Å². The van der Waals surface area contributed by atoms with Gasteiger partial charge in [-0.05, 0) is 38.3 Å². The Hall–Kier alpha value is -1.35. The Morgan fingerprint density at radius 2 is 2.17 bits per heavy atom. The molecule has 0 bridgehead atoms. The number of hydrogen-bond donors (Lipinski definition) is 1. The second-order valence-corrected chi connectivity index (χ2v) is 5.47. The van der Waals surface area contributed by atoms with E-state index in [1.807, 2.05) is 13.0 Å². The van der Waals surface area contributed by atoms with Crippen LogP contribution in [0.25, 0.3) is 0 Å². The Morgan fingerprint density at radius 3 is 2.89 bits per heavy atom. The first-order valence-electron chi connectivity index (χ1n) is 6.53. The van der Waals surface area contributed by atoms with Crippen molar-refractivity contribution < 1.29 is 9.53 Å². The molecule has 1 N–H and O–H groups in total. The lowest BCUT2D eigenvalue weighted by atomic mass is 9.83. The average Bonchev–Trinajstić information content (AvgIpc) is 2.27. The van der Waals surface area contributed by atoms with Crippen LogP contribution < -0.4 is 5.32 Å². The topological polar surface area (TPSA) is 38.3 Å². The normalized spacial score (nSPS) is 21.2. The van der Waals surface area contributed by atoms with Gasteiger partial charge >= 0.3 is 5.97 Å². The molecule has 2 rings (SSSR count). The smallest absolute Gasteiger partial charge is 0.307 e. The number of rotatable bonds is 3. The van der Waals surface area contributed by atoms with Crippen LogP contribution >= 0.6 is 0 Å². The van der Waals surface area contributed by atoms with Crippen molar-refractivity contribution in [3.63, 3.8) is 0 Å². The number of ether oxygens (including phenoxy) is 1. The highest BCUT2D eigenvalue weighted by Crippen LogP contribution is 2.31. The van der Waals surface area contributed by atoms with Gasteiger partial charge in [0.1, 0.15) is 0 Å². The molecule has 98 valence electrons. The maximum atomic E-state index is 11.7. The maximum absolute atomic E-state index is 11.7. The summed E-state index contributed by atoms with van der Waals surface area (Å²) in [5.74, 6) is -0.137. The fourth-order valence-electron chi connectivity index (χ4n) is 2.66. The summed E-state index contributed by atoms with van der Waals surface area (Å²) < 4.78 is 5.05. The van der Waals surface area contributed by atoms with Gasteiger partial charge in [0.05, 0.1) is 13.0 Å². The van der Waals surface area contributed by atoms with Crippen molar-refractivity contribution in [3.05, 3.63) is 35.4 Å². The number of carbonyl (C=O) groups is 1. The first-order chi connectivity index (χ1) is 8.52. The summed E-state index contributed by atoms with van der Waals surface area (Å²) in [5.41, 5.74) is 2.58. The zero-order chi connectivity index (χ0) is 13.2. The van der Waals surface area contributed by atoms with Gasteiger partial charge in [-0.15, -0.1) is 0 Å². The van der Waals surface area contributed by atoms with Crippen LogP contribution in [0.1, 0.15) is 44.4 Å². The molecule has 0 aliphatic carbocycles. The largest absolute Gasteiger partial charge is 0.466 e. The summed E-state index contributed by atoms with van der Waals surface area (Å²) in [5, 5.41) is 3.54. The number of hydrogen-bond acceptors (Lipinski definition) is 3. The Morgan fingerprint density at radius 1 is 1.44 bits per heavy atom. The molecule has 1 aliphatic heterocycles. The van der Waals surface area contributed by atoms with E-state index >= 15 is 0 Å². The Balaban J connectivity index is 2.22. The van der Waals surface area contributed by atoms with E-state index in [1.165, 1.54) is 11.1 Å². The van der Waals surface area contributed by atoms with Crippen LogP contribution in [0.4, 0.5) is 0 Å². The molecule has 0 amide bonds. The summed E-state index contributed by atoms with van der Waals surface area (Å²) >= 11 is 0. The molecular formula is C15H21NO2. The lowest BCUT2D eigenvalue weighted by molar-refractivity contribution is -0.143. The van der Waals surface area contributed by atoms with Crippen LogP contribution in [0.15, 0.2) is 24.3 Å². The lowest BCUT2D eigenvalue weighted by Gasteiger charge is -2.38. The molecule has 1 aliphatic rings. The number of nitrogens with one attached hydrogen (secondary N) is 1. The third-order valence-electron chi connectivity index (χ3n) is 3.30. The molecule has 1 aromatic carbocycles. The first kappa shape index (κ1) is 13.1. The van der Waals surface area contributed by atoms with Gasteiger partial charge in [0.15, 0.2) is 0 Å². The molecule has 0 fully saturated rings. The fraction of sp³-hybridized carbons (Fsp3) is 0.533. The molecule has 1 atom stereocenters. The summed E-state index contributed by atoms with van der Waals surface area (Å²) in [7, 11) is 0. The quantitative estimate of drug-likeness (QED) is 0.834. The molecule has 0 spiro atoms. The molecule has 0 saturated carbocycles. The molecule has 3 heteroatoms. The monoisotopic (exact) mass is 247 g/mol. The summed E-state index contributed by atoms with van der Waals surface area (Å²) in [6, 6.07) is 8.39. The van der Waals surface area contributed by atoms with Gasteiger partial charge in [0.2, 0.25) is 0 Å². The van der Waals surface area contributed by atoms with Gasteiger partial charge in [-0.2, -0.15) is 0 Å². The molecule has 3 nitrogen and oxygen atoms in total. The van der Waals surface area contributed by atoms with E-state index in [0.29, 0.717) is 13.0 Å². The second kappa shape index (κ2) is 5.11. The van der Waals surface area contributed by atoms with Crippen molar-refractivity contribution in [2.45, 2.75) is 45.2 Å². The van der Waals surface area contributed by atoms with Gasteiger partial charge in [-0.25, -0.2) is 0 Å². The van der Waals surface area contributed by atoms with Gasteiger partial charge in [0, 0.05) is 11.6 Å². The number of carbonyl (C=O) groups excluding carboxylic acids is 1. The summed E-state index contributed by atoms with van der Waals surface area (Å²) in [6.07, 6.45) is 1.39. The zero-order valence-electron chi connectivity index (χ0n) is 11.3. The second-order valence-electron chi connectivity index (χ2n) is 5.47. The number of esters is 1. The van der Waals surface area contributed by atoms with Crippen LogP contribution in [0.5, 0.6) is 0 Å². The fourth-order valence-corrected chi connectivity index (χ4v) is 2.66. The van der Waals surface area contributed by atoms with Crippen LogP contribution in [-0.4, -0.2) is 18.1 Å². The Kier molecular flexibility index (Phi) is 3.71. The third kappa shape index (κ3) is 2.91. The average molecular weight is 247 g/mol. The third-order valence-corrected chi connectivity index (χ3v) is 3.30. The highest BCUT2D eigenvalue weighted by atomic mass is 16.5. The first-order valence-corrected chi connectivity index (χ1v) is 6.53. The molecule has 0 aromatic heterocycles. The molecule has 1 aromatic rings. The predicted molar refractivity (Wildman–Crippen MR) is 71.4 cm³/mol. The van der Waals surface area contributed by atoms with E-state index in [2.05, 4.69) is 37.4 Å². The molecule has 1 heterocycles.